The van der Waals surface area contributed by atoms with Crippen molar-refractivity contribution < 1.29 is 0 Å². The topological polar surface area (TPSA) is 8.17 Å². The Morgan fingerprint density at radius 2 is 1.62 bits per heavy atom. The Labute approximate surface area is 189 Å². The monoisotopic (exact) mass is 414 g/mol. The molecule has 2 atom stereocenters. The summed E-state index contributed by atoms with van der Waals surface area (Å²) >= 11 is 0. The lowest BCUT2D eigenvalue weighted by Crippen LogP contribution is -2.32. The quantitative estimate of drug-likeness (QED) is 0.433. The predicted molar refractivity (Wildman–Crippen MR) is 134 cm³/mol. The highest BCUT2D eigenvalue weighted by Gasteiger charge is 2.38. The number of aromatic nitrogens is 1. The molecule has 4 aliphatic rings. The third-order valence-electron chi connectivity index (χ3n) is 7.45. The maximum atomic E-state index is 2.60. The van der Waals surface area contributed by atoms with Crippen molar-refractivity contribution in [2.45, 2.75) is 31.7 Å². The van der Waals surface area contributed by atoms with Crippen molar-refractivity contribution in [2.75, 3.05) is 4.90 Å². The van der Waals surface area contributed by atoms with Crippen LogP contribution < -0.4 is 4.90 Å². The zero-order chi connectivity index (χ0) is 21.1. The molecule has 0 bridgehead atoms. The number of para-hydroxylation sites is 1. The summed E-state index contributed by atoms with van der Waals surface area (Å²) in [4.78, 5) is 2.60. The highest BCUT2D eigenvalue weighted by molar-refractivity contribution is 5.93. The molecule has 0 fully saturated rings. The Bertz CT molecular complexity index is 1390. The Hall–Kier alpha value is -3.52. The van der Waals surface area contributed by atoms with Gasteiger partial charge in [0, 0.05) is 39.6 Å². The molecule has 1 aliphatic heterocycles. The van der Waals surface area contributed by atoms with Gasteiger partial charge in [-0.05, 0) is 55.5 Å². The fourth-order valence-corrected chi connectivity index (χ4v) is 6.12. The van der Waals surface area contributed by atoms with E-state index in [0.717, 1.165) is 25.7 Å². The Balaban J connectivity index is 1.40. The second-order valence-corrected chi connectivity index (χ2v) is 9.17. The number of nitrogens with zero attached hydrogens (tertiary/aromatic N) is 2. The molecule has 2 heteroatoms. The van der Waals surface area contributed by atoms with Gasteiger partial charge >= 0.3 is 0 Å². The zero-order valence-corrected chi connectivity index (χ0v) is 18.1. The molecule has 32 heavy (non-hydrogen) atoms. The van der Waals surface area contributed by atoms with Crippen molar-refractivity contribution in [1.82, 2.24) is 4.57 Å². The van der Waals surface area contributed by atoms with Crippen LogP contribution >= 0.6 is 0 Å². The second-order valence-electron chi connectivity index (χ2n) is 9.17. The standard InChI is InChI=1S/C30H26N2/c1-5-16-27-23(12-1)24-13-2-6-17-28(24)31(27)21-10-9-11-22(20-21)32-29-18-7-3-14-25(29)26-15-4-8-19-30(26)32/h1-5,7,9-16,18,20,23,27H,6,8,17,19H2. The zero-order valence-electron chi connectivity index (χ0n) is 18.1. The number of hydrogen-bond acceptors (Lipinski definition) is 1. The van der Waals surface area contributed by atoms with Crippen molar-refractivity contribution in [3.8, 4) is 5.69 Å². The van der Waals surface area contributed by atoms with Crippen molar-refractivity contribution in [1.29, 1.82) is 0 Å². The van der Waals surface area contributed by atoms with E-state index in [0.29, 0.717) is 12.0 Å². The largest absolute Gasteiger partial charge is 0.337 e. The van der Waals surface area contributed by atoms with E-state index in [1.807, 2.05) is 0 Å². The number of hydrogen-bond donors (Lipinski definition) is 0. The van der Waals surface area contributed by atoms with E-state index in [1.165, 1.54) is 44.8 Å². The maximum absolute atomic E-state index is 2.60. The fourth-order valence-electron chi connectivity index (χ4n) is 6.12. The van der Waals surface area contributed by atoms with Gasteiger partial charge in [-0.2, -0.15) is 0 Å². The second kappa shape index (κ2) is 7.00. The number of anilines is 1. The van der Waals surface area contributed by atoms with Crippen LogP contribution in [0, 0.1) is 5.92 Å². The molecular formula is C30H26N2. The first-order valence-corrected chi connectivity index (χ1v) is 11.8. The molecule has 0 amide bonds. The van der Waals surface area contributed by atoms with E-state index >= 15 is 0 Å². The Morgan fingerprint density at radius 1 is 0.781 bits per heavy atom. The minimum Gasteiger partial charge on any atom is -0.337 e. The lowest BCUT2D eigenvalue weighted by Gasteiger charge is -2.31. The molecule has 2 heterocycles. The van der Waals surface area contributed by atoms with Crippen molar-refractivity contribution >= 4 is 22.7 Å². The van der Waals surface area contributed by atoms with Crippen LogP contribution in [0.5, 0.6) is 0 Å². The van der Waals surface area contributed by atoms with Gasteiger partial charge in [0.05, 0.1) is 11.6 Å². The van der Waals surface area contributed by atoms with Gasteiger partial charge in [0.2, 0.25) is 0 Å². The average molecular weight is 415 g/mol. The van der Waals surface area contributed by atoms with Gasteiger partial charge < -0.3 is 9.47 Å². The first kappa shape index (κ1) is 18.1. The molecule has 3 aromatic rings. The van der Waals surface area contributed by atoms with Crippen LogP contribution in [0.25, 0.3) is 22.7 Å². The molecule has 2 nitrogen and oxygen atoms in total. The van der Waals surface area contributed by atoms with Gasteiger partial charge in [-0.25, -0.2) is 0 Å². The third kappa shape index (κ3) is 2.53. The van der Waals surface area contributed by atoms with E-state index in [1.54, 1.807) is 0 Å². The van der Waals surface area contributed by atoms with Gasteiger partial charge in [-0.1, -0.05) is 72.9 Å². The summed E-state index contributed by atoms with van der Waals surface area (Å²) in [5.41, 5.74) is 9.70. The van der Waals surface area contributed by atoms with Crippen molar-refractivity contribution in [2.24, 2.45) is 5.92 Å². The third-order valence-corrected chi connectivity index (χ3v) is 7.45. The molecule has 7 rings (SSSR count). The number of fused-ring (bicyclic) bond motifs is 5. The predicted octanol–water partition coefficient (Wildman–Crippen LogP) is 7.12. The van der Waals surface area contributed by atoms with Crippen molar-refractivity contribution in [3.05, 3.63) is 114 Å². The number of rotatable bonds is 2. The van der Waals surface area contributed by atoms with Crippen LogP contribution in [0.2, 0.25) is 0 Å². The molecule has 0 saturated heterocycles. The first-order chi connectivity index (χ1) is 15.9. The SMILES string of the molecule is C1=CC2C3=C(CCC=C3)N(c3cccc(-n4c5c(c6ccccc64)C=CCC5)c3)C2C=C1. The molecule has 2 unspecified atom stereocenters. The minimum atomic E-state index is 0.376. The van der Waals surface area contributed by atoms with Crippen LogP contribution in [0.1, 0.15) is 30.5 Å². The van der Waals surface area contributed by atoms with Crippen LogP contribution in [0.4, 0.5) is 5.69 Å². The van der Waals surface area contributed by atoms with Crippen LogP contribution in [0.3, 0.4) is 0 Å². The van der Waals surface area contributed by atoms with E-state index in [2.05, 4.69) is 107 Å². The lowest BCUT2D eigenvalue weighted by molar-refractivity contribution is 0.681. The highest BCUT2D eigenvalue weighted by Crippen LogP contribution is 2.45. The summed E-state index contributed by atoms with van der Waals surface area (Å²) in [6.45, 7) is 0. The molecule has 0 radical (unpaired) electrons. The number of allylic oxidation sites excluding steroid dienone is 6. The summed E-state index contributed by atoms with van der Waals surface area (Å²) in [7, 11) is 0. The summed E-state index contributed by atoms with van der Waals surface area (Å²) in [5, 5.41) is 1.35. The van der Waals surface area contributed by atoms with Gasteiger partial charge in [0.25, 0.3) is 0 Å². The van der Waals surface area contributed by atoms with Gasteiger partial charge in [0.15, 0.2) is 0 Å². The van der Waals surface area contributed by atoms with E-state index in [-0.39, 0.29) is 0 Å². The van der Waals surface area contributed by atoms with E-state index < -0.39 is 0 Å². The normalized spacial score (nSPS) is 23.1. The summed E-state index contributed by atoms with van der Waals surface area (Å²) in [6.07, 6.45) is 23.0. The molecule has 0 saturated carbocycles. The van der Waals surface area contributed by atoms with E-state index in [4.69, 9.17) is 0 Å². The molecule has 0 N–H and O–H groups in total. The van der Waals surface area contributed by atoms with E-state index in [9.17, 15) is 0 Å². The van der Waals surface area contributed by atoms with Crippen molar-refractivity contribution in [3.63, 3.8) is 0 Å². The first-order valence-electron chi connectivity index (χ1n) is 11.8. The van der Waals surface area contributed by atoms with Gasteiger partial charge in [-0.15, -0.1) is 0 Å². The van der Waals surface area contributed by atoms with Crippen LogP contribution in [-0.2, 0) is 6.42 Å². The van der Waals surface area contributed by atoms with Gasteiger partial charge in [-0.3, -0.25) is 0 Å². The molecule has 1 aromatic heterocycles. The fraction of sp³-hybridized carbons (Fsp3) is 0.200. The maximum Gasteiger partial charge on any atom is 0.0626 e. The minimum absolute atomic E-state index is 0.376. The smallest absolute Gasteiger partial charge is 0.0626 e. The Morgan fingerprint density at radius 3 is 2.62 bits per heavy atom. The molecular weight excluding hydrogens is 388 g/mol. The summed E-state index contributed by atoms with van der Waals surface area (Å²) in [6, 6.07) is 18.4. The van der Waals surface area contributed by atoms with Gasteiger partial charge in [0.1, 0.15) is 0 Å². The highest BCUT2D eigenvalue weighted by atomic mass is 15.2. The average Bonchev–Trinajstić information content (AvgIpc) is 3.37. The van der Waals surface area contributed by atoms with Crippen LogP contribution in [0.15, 0.2) is 102 Å². The molecule has 156 valence electrons. The lowest BCUT2D eigenvalue weighted by atomic mass is 9.88. The molecule has 2 aromatic carbocycles. The summed E-state index contributed by atoms with van der Waals surface area (Å²) in [5.74, 6) is 0.459. The molecule has 0 spiro atoms. The summed E-state index contributed by atoms with van der Waals surface area (Å²) < 4.78 is 2.50. The van der Waals surface area contributed by atoms with Crippen LogP contribution in [-0.4, -0.2) is 10.6 Å². The molecule has 3 aliphatic carbocycles. The Kier molecular flexibility index (Phi) is 3.96. The number of benzene rings is 2.